The molecule has 6 rings (SSSR count). The first-order valence-corrected chi connectivity index (χ1v) is 13.4. The van der Waals surface area contributed by atoms with Crippen LogP contribution in [0.5, 0.6) is 0 Å². The number of aromatic nitrogens is 4. The van der Waals surface area contributed by atoms with Crippen molar-refractivity contribution in [2.75, 3.05) is 12.3 Å². The van der Waals surface area contributed by atoms with E-state index in [1.165, 1.54) is 0 Å². The first-order chi connectivity index (χ1) is 19.3. The van der Waals surface area contributed by atoms with Crippen LogP contribution >= 0.6 is 12.4 Å². The fourth-order valence-electron chi connectivity index (χ4n) is 5.10. The predicted molar refractivity (Wildman–Crippen MR) is 163 cm³/mol. The number of nitrogens with zero attached hydrogens (tertiary/aromatic N) is 4. The van der Waals surface area contributed by atoms with Gasteiger partial charge in [-0.15, -0.1) is 12.4 Å². The van der Waals surface area contributed by atoms with Crippen LogP contribution in [0.2, 0.25) is 0 Å². The average molecular weight is 570 g/mol. The van der Waals surface area contributed by atoms with Gasteiger partial charge in [-0.1, -0.05) is 24.3 Å². The van der Waals surface area contributed by atoms with E-state index >= 15 is 0 Å². The molecule has 1 aliphatic carbocycles. The number of nitrogen functional groups attached to an aromatic ring is 1. The van der Waals surface area contributed by atoms with Gasteiger partial charge in [0.15, 0.2) is 11.5 Å². The molecule has 3 aromatic heterocycles. The highest BCUT2D eigenvalue weighted by Gasteiger charge is 2.34. The van der Waals surface area contributed by atoms with Crippen LogP contribution in [0.25, 0.3) is 39.5 Å². The van der Waals surface area contributed by atoms with Crippen LogP contribution in [-0.4, -0.2) is 43.2 Å². The van der Waals surface area contributed by atoms with Crippen LogP contribution in [-0.2, 0) is 5.54 Å². The summed E-state index contributed by atoms with van der Waals surface area (Å²) in [7, 11) is 0. The summed E-state index contributed by atoms with van der Waals surface area (Å²) < 4.78 is 1.99. The number of carbonyl (C=O) groups excluding carboxylic acids is 1. The Bertz CT molecular complexity index is 1710. The third kappa shape index (κ3) is 5.39. The second kappa shape index (κ2) is 11.3. The molecule has 3 heterocycles. The molecule has 5 aromatic rings. The highest BCUT2D eigenvalue weighted by molar-refractivity contribution is 5.95. The minimum Gasteiger partial charge on any atom is -0.392 e. The third-order valence-electron chi connectivity index (χ3n) is 7.51. The van der Waals surface area contributed by atoms with Crippen molar-refractivity contribution in [3.63, 3.8) is 0 Å². The second-order valence-electron chi connectivity index (χ2n) is 10.4. The Morgan fingerprint density at radius 3 is 2.54 bits per heavy atom. The number of halogens is 1. The van der Waals surface area contributed by atoms with E-state index in [9.17, 15) is 9.90 Å². The SMILES string of the molecule is C[C@H](O)CNC(=O)c1cccc(-c2ccc3nc(-c4cccnc4N)n(-c4ccc(C5(N)CCC5)cc4)c3n2)c1.Cl. The summed E-state index contributed by atoms with van der Waals surface area (Å²) in [5, 5.41) is 12.3. The monoisotopic (exact) mass is 569 g/mol. The van der Waals surface area contributed by atoms with Crippen molar-refractivity contribution < 1.29 is 9.90 Å². The lowest BCUT2D eigenvalue weighted by Crippen LogP contribution is -2.43. The highest BCUT2D eigenvalue weighted by atomic mass is 35.5. The molecule has 1 saturated carbocycles. The number of nitrogens with two attached hydrogens (primary N) is 2. The Morgan fingerprint density at radius 1 is 1.07 bits per heavy atom. The van der Waals surface area contributed by atoms with Crippen molar-refractivity contribution in [3.05, 3.63) is 90.1 Å². The summed E-state index contributed by atoms with van der Waals surface area (Å²) in [6.07, 6.45) is 4.14. The van der Waals surface area contributed by atoms with Gasteiger partial charge in [-0.2, -0.15) is 0 Å². The molecule has 210 valence electrons. The molecule has 10 heteroatoms. The van der Waals surface area contributed by atoms with Crippen molar-refractivity contribution in [1.82, 2.24) is 24.8 Å². The number of rotatable bonds is 7. The van der Waals surface area contributed by atoms with E-state index in [-0.39, 0.29) is 30.4 Å². The topological polar surface area (TPSA) is 145 Å². The third-order valence-corrected chi connectivity index (χ3v) is 7.51. The Balaban J connectivity index is 0.00000337. The molecule has 9 nitrogen and oxygen atoms in total. The Labute approximate surface area is 244 Å². The molecule has 0 bridgehead atoms. The maximum absolute atomic E-state index is 12.6. The number of aliphatic hydroxyl groups excluding tert-OH is 1. The van der Waals surface area contributed by atoms with Gasteiger partial charge in [0.1, 0.15) is 11.3 Å². The van der Waals surface area contributed by atoms with Gasteiger partial charge in [-0.05, 0) is 80.3 Å². The zero-order valence-corrected chi connectivity index (χ0v) is 23.4. The Morgan fingerprint density at radius 2 is 1.85 bits per heavy atom. The lowest BCUT2D eigenvalue weighted by molar-refractivity contribution is 0.0924. The van der Waals surface area contributed by atoms with Crippen LogP contribution in [0.4, 0.5) is 5.82 Å². The number of pyridine rings is 2. The summed E-state index contributed by atoms with van der Waals surface area (Å²) >= 11 is 0. The molecule has 1 atom stereocenters. The van der Waals surface area contributed by atoms with Crippen LogP contribution in [0.3, 0.4) is 0 Å². The number of fused-ring (bicyclic) bond motifs is 1. The van der Waals surface area contributed by atoms with Gasteiger partial charge in [-0.3, -0.25) is 9.36 Å². The maximum Gasteiger partial charge on any atom is 0.251 e. The van der Waals surface area contributed by atoms with Crippen LogP contribution in [0, 0.1) is 0 Å². The largest absolute Gasteiger partial charge is 0.392 e. The summed E-state index contributed by atoms with van der Waals surface area (Å²) in [5.41, 5.74) is 18.6. The van der Waals surface area contributed by atoms with Crippen molar-refractivity contribution in [2.45, 2.75) is 37.8 Å². The normalized spacial score (nSPS) is 14.6. The molecule has 41 heavy (non-hydrogen) atoms. The van der Waals surface area contributed by atoms with E-state index in [2.05, 4.69) is 22.4 Å². The molecule has 0 spiro atoms. The molecule has 6 N–H and O–H groups in total. The summed E-state index contributed by atoms with van der Waals surface area (Å²) in [6.45, 7) is 1.80. The fourth-order valence-corrected chi connectivity index (χ4v) is 5.10. The van der Waals surface area contributed by atoms with Gasteiger partial charge in [0.05, 0.1) is 17.4 Å². The van der Waals surface area contributed by atoms with E-state index < -0.39 is 6.10 Å². The number of anilines is 1. The predicted octanol–water partition coefficient (Wildman–Crippen LogP) is 4.60. The van der Waals surface area contributed by atoms with Crippen LogP contribution in [0.15, 0.2) is 79.0 Å². The fraction of sp³-hybridized carbons (Fsp3) is 0.226. The number of benzene rings is 2. The van der Waals surface area contributed by atoms with Gasteiger partial charge >= 0.3 is 0 Å². The van der Waals surface area contributed by atoms with Gasteiger partial charge in [-0.25, -0.2) is 15.0 Å². The van der Waals surface area contributed by atoms with Gasteiger partial charge in [0.25, 0.3) is 5.91 Å². The first-order valence-electron chi connectivity index (χ1n) is 13.4. The van der Waals surface area contributed by atoms with E-state index in [1.807, 2.05) is 53.1 Å². The van der Waals surface area contributed by atoms with Crippen molar-refractivity contribution in [1.29, 1.82) is 0 Å². The van der Waals surface area contributed by atoms with Gasteiger partial charge < -0.3 is 21.9 Å². The Kier molecular flexibility index (Phi) is 7.77. The van der Waals surface area contributed by atoms with E-state index in [4.69, 9.17) is 21.4 Å². The van der Waals surface area contributed by atoms with E-state index in [0.29, 0.717) is 39.6 Å². The number of hydrogen-bond donors (Lipinski definition) is 4. The molecule has 1 amide bonds. The summed E-state index contributed by atoms with van der Waals surface area (Å²) in [4.78, 5) is 26.8. The van der Waals surface area contributed by atoms with Crippen molar-refractivity contribution >= 4 is 35.3 Å². The molecule has 1 aliphatic rings. The molecule has 0 radical (unpaired) electrons. The zero-order chi connectivity index (χ0) is 27.9. The van der Waals surface area contributed by atoms with Gasteiger partial charge in [0.2, 0.25) is 0 Å². The molecular weight excluding hydrogens is 538 g/mol. The lowest BCUT2D eigenvalue weighted by atomic mass is 9.73. The molecule has 2 aromatic carbocycles. The number of nitrogens with one attached hydrogen (secondary N) is 1. The smallest absolute Gasteiger partial charge is 0.251 e. The second-order valence-corrected chi connectivity index (χ2v) is 10.4. The molecule has 0 aliphatic heterocycles. The van der Waals surface area contributed by atoms with Crippen LogP contribution < -0.4 is 16.8 Å². The van der Waals surface area contributed by atoms with Crippen molar-refractivity contribution in [3.8, 4) is 28.3 Å². The minimum absolute atomic E-state index is 0. The molecule has 1 fully saturated rings. The molecule has 0 saturated heterocycles. The average Bonchev–Trinajstić information content (AvgIpc) is 3.33. The molecule has 0 unspecified atom stereocenters. The number of amides is 1. The number of aliphatic hydroxyl groups is 1. The highest BCUT2D eigenvalue weighted by Crippen LogP contribution is 2.39. The van der Waals surface area contributed by atoms with E-state index in [0.717, 1.165) is 36.1 Å². The molecular formula is C31H32ClN7O2. The zero-order valence-electron chi connectivity index (χ0n) is 22.6. The minimum atomic E-state index is -0.627. The maximum atomic E-state index is 12.6. The number of carbonyl (C=O) groups is 1. The summed E-state index contributed by atoms with van der Waals surface area (Å²) in [6, 6.07) is 23.0. The first kappa shape index (κ1) is 28.2. The van der Waals surface area contributed by atoms with E-state index in [1.54, 1.807) is 25.3 Å². The van der Waals surface area contributed by atoms with Crippen molar-refractivity contribution in [2.24, 2.45) is 5.73 Å². The summed E-state index contributed by atoms with van der Waals surface area (Å²) in [5.74, 6) is 0.755. The van der Waals surface area contributed by atoms with Gasteiger partial charge in [0, 0.05) is 35.1 Å². The quantitative estimate of drug-likeness (QED) is 0.224. The Hall–Kier alpha value is -4.31. The van der Waals surface area contributed by atoms with Crippen LogP contribution in [0.1, 0.15) is 42.1 Å². The standard InChI is InChI=1S/C31H31N7O2.ClH/c1-19(39)18-35-30(40)21-6-2-5-20(17-21)25-12-13-26-29(36-25)38(28(37-26)24-7-3-16-34-27(24)32)23-10-8-22(9-11-23)31(33)14-4-15-31;/h2-3,5-13,16-17,19,39H,4,14-15,18,33H2,1H3,(H2,32,34)(H,35,40);1H/t19-;/m0./s1. The number of imidazole rings is 1. The number of hydrogen-bond acceptors (Lipinski definition) is 7. The lowest BCUT2D eigenvalue weighted by Gasteiger charge is -2.38.